The summed E-state index contributed by atoms with van der Waals surface area (Å²) in [4.78, 5) is 2.54. The number of nitrogens with zero attached hydrogens (tertiary/aromatic N) is 1. The molecule has 1 aliphatic heterocycles. The molecule has 0 aromatic heterocycles. The van der Waals surface area contributed by atoms with E-state index < -0.39 is 6.10 Å². The Hall–Kier alpha value is -2.15. The van der Waals surface area contributed by atoms with Crippen LogP contribution in [0.15, 0.2) is 36.4 Å². The van der Waals surface area contributed by atoms with Crippen LogP contribution in [0.1, 0.15) is 49.3 Å². The molecule has 0 amide bonds. The summed E-state index contributed by atoms with van der Waals surface area (Å²) in [7, 11) is 0. The Labute approximate surface area is 196 Å². The van der Waals surface area contributed by atoms with Gasteiger partial charge in [-0.2, -0.15) is 0 Å². The molecule has 3 aliphatic rings. The summed E-state index contributed by atoms with van der Waals surface area (Å²) in [5, 5.41) is 11.3. The number of hydrogen-bond donors (Lipinski definition) is 1. The summed E-state index contributed by atoms with van der Waals surface area (Å²) in [6.45, 7) is 6.49. The lowest BCUT2D eigenvalue weighted by Crippen LogP contribution is -2.49. The molecule has 3 nitrogen and oxygen atoms in total. The Balaban J connectivity index is 1.51. The lowest BCUT2D eigenvalue weighted by molar-refractivity contribution is 0.0515. The van der Waals surface area contributed by atoms with Gasteiger partial charge in [0.1, 0.15) is 11.9 Å². The van der Waals surface area contributed by atoms with Gasteiger partial charge in [0.2, 0.25) is 0 Å². The van der Waals surface area contributed by atoms with Crippen LogP contribution in [0.25, 0.3) is 0 Å². The van der Waals surface area contributed by atoms with Crippen molar-refractivity contribution >= 4 is 17.3 Å². The minimum Gasteiger partial charge on any atom is -0.490 e. The van der Waals surface area contributed by atoms with Crippen LogP contribution in [0.3, 0.4) is 0 Å². The van der Waals surface area contributed by atoms with Crippen LogP contribution in [0.5, 0.6) is 5.75 Å². The molecule has 1 N–H and O–H groups in total. The quantitative estimate of drug-likeness (QED) is 0.625. The standard InChI is InChI=1S/C28H32ClNO2/c1-3-5-26(31)23-10-8-21(23)16-30-17-28(18-32-27-12-7-19(2)14-25(27)30)13-4-6-20-15-22(29)9-11-24(20)28/h7,9,11-12,14-15,21,23,26,31H,4,6,8,10,13,16-18H2,1-2H3/t21-,23+,26-,28-/m0/s1. The van der Waals surface area contributed by atoms with Crippen LogP contribution in [0.4, 0.5) is 5.69 Å². The highest BCUT2D eigenvalue weighted by atomic mass is 35.5. The molecule has 0 bridgehead atoms. The Morgan fingerprint density at radius 3 is 2.91 bits per heavy atom. The van der Waals surface area contributed by atoms with Crippen molar-refractivity contribution in [1.82, 2.24) is 0 Å². The van der Waals surface area contributed by atoms with Gasteiger partial charge in [0.25, 0.3) is 0 Å². The Morgan fingerprint density at radius 1 is 1.25 bits per heavy atom. The van der Waals surface area contributed by atoms with E-state index in [2.05, 4.69) is 54.0 Å². The Kier molecular flexibility index (Phi) is 5.86. The van der Waals surface area contributed by atoms with Crippen molar-refractivity contribution in [3.05, 3.63) is 58.1 Å². The van der Waals surface area contributed by atoms with Crippen LogP contribution in [0.2, 0.25) is 5.02 Å². The smallest absolute Gasteiger partial charge is 0.142 e. The van der Waals surface area contributed by atoms with Gasteiger partial charge in [-0.3, -0.25) is 0 Å². The summed E-state index contributed by atoms with van der Waals surface area (Å²) in [5.41, 5.74) is 5.14. The molecule has 4 atom stereocenters. The number of anilines is 1. The van der Waals surface area contributed by atoms with Crippen LogP contribution in [-0.4, -0.2) is 30.9 Å². The second kappa shape index (κ2) is 8.65. The fourth-order valence-corrected chi connectivity index (χ4v) is 6.19. The van der Waals surface area contributed by atoms with Gasteiger partial charge in [-0.25, -0.2) is 0 Å². The van der Waals surface area contributed by atoms with Gasteiger partial charge in [-0.1, -0.05) is 29.7 Å². The van der Waals surface area contributed by atoms with Crippen LogP contribution < -0.4 is 9.64 Å². The van der Waals surface area contributed by atoms with E-state index in [1.807, 2.05) is 6.07 Å². The fraction of sp³-hybridized carbons (Fsp3) is 0.500. The average molecular weight is 450 g/mol. The minimum absolute atomic E-state index is 0.0494. The van der Waals surface area contributed by atoms with Gasteiger partial charge in [-0.15, -0.1) is 5.92 Å². The summed E-state index contributed by atoms with van der Waals surface area (Å²) >= 11 is 6.35. The average Bonchev–Trinajstić information content (AvgIpc) is 2.89. The maximum Gasteiger partial charge on any atom is 0.142 e. The van der Waals surface area contributed by atoms with Crippen molar-refractivity contribution in [2.75, 3.05) is 24.6 Å². The van der Waals surface area contributed by atoms with Crippen molar-refractivity contribution in [3.63, 3.8) is 0 Å². The molecule has 1 spiro atoms. The lowest BCUT2D eigenvalue weighted by Gasteiger charge is -2.45. The van der Waals surface area contributed by atoms with E-state index in [1.54, 1.807) is 6.92 Å². The highest BCUT2D eigenvalue weighted by Crippen LogP contribution is 2.46. The van der Waals surface area contributed by atoms with Crippen LogP contribution in [-0.2, 0) is 11.8 Å². The van der Waals surface area contributed by atoms with Crippen molar-refractivity contribution in [2.45, 2.75) is 57.5 Å². The second-order valence-corrected chi connectivity index (χ2v) is 10.4. The molecule has 0 saturated heterocycles. The van der Waals surface area contributed by atoms with Gasteiger partial charge in [-0.05, 0) is 92.8 Å². The first-order valence-electron chi connectivity index (χ1n) is 11.9. The molecule has 2 aromatic rings. The predicted octanol–water partition coefficient (Wildman–Crippen LogP) is 5.53. The molecule has 32 heavy (non-hydrogen) atoms. The monoisotopic (exact) mass is 449 g/mol. The molecule has 0 radical (unpaired) electrons. The number of fused-ring (bicyclic) bond motifs is 3. The van der Waals surface area contributed by atoms with E-state index in [9.17, 15) is 5.11 Å². The van der Waals surface area contributed by atoms with Gasteiger partial charge >= 0.3 is 0 Å². The topological polar surface area (TPSA) is 32.7 Å². The zero-order valence-electron chi connectivity index (χ0n) is 19.0. The number of aliphatic hydroxyl groups is 1. The van der Waals surface area contributed by atoms with Crippen molar-refractivity contribution < 1.29 is 9.84 Å². The first-order chi connectivity index (χ1) is 15.5. The second-order valence-electron chi connectivity index (χ2n) is 9.92. The van der Waals surface area contributed by atoms with E-state index >= 15 is 0 Å². The SMILES string of the molecule is CC#C[C@H](O)[C@@H]1CC[C@H]1CN1C[C@@]2(CCCc3cc(Cl)ccc32)COc2ccc(C)cc21. The molecular weight excluding hydrogens is 418 g/mol. The molecule has 1 heterocycles. The molecule has 4 heteroatoms. The summed E-state index contributed by atoms with van der Waals surface area (Å²) in [5.74, 6) is 7.55. The highest BCUT2D eigenvalue weighted by Gasteiger charge is 2.44. The summed E-state index contributed by atoms with van der Waals surface area (Å²) in [6.07, 6.45) is 5.02. The normalized spacial score (nSPS) is 27.2. The number of aliphatic hydroxyl groups excluding tert-OH is 1. The lowest BCUT2D eigenvalue weighted by atomic mass is 9.68. The van der Waals surface area contributed by atoms with Gasteiger partial charge < -0.3 is 14.7 Å². The van der Waals surface area contributed by atoms with Crippen LogP contribution in [0, 0.1) is 30.6 Å². The predicted molar refractivity (Wildman–Crippen MR) is 131 cm³/mol. The highest BCUT2D eigenvalue weighted by molar-refractivity contribution is 6.30. The molecule has 1 saturated carbocycles. The molecular formula is C28H32ClNO2. The maximum atomic E-state index is 10.5. The molecule has 2 aliphatic carbocycles. The first-order valence-corrected chi connectivity index (χ1v) is 12.2. The minimum atomic E-state index is -0.523. The number of halogens is 1. The van der Waals surface area contributed by atoms with Gasteiger partial charge in [0.15, 0.2) is 0 Å². The van der Waals surface area contributed by atoms with E-state index in [0.29, 0.717) is 12.5 Å². The molecule has 2 aromatic carbocycles. The van der Waals surface area contributed by atoms with Gasteiger partial charge in [0.05, 0.1) is 12.3 Å². The number of aryl methyl sites for hydroxylation is 2. The maximum absolute atomic E-state index is 10.5. The number of rotatable bonds is 3. The van der Waals surface area contributed by atoms with E-state index in [-0.39, 0.29) is 11.3 Å². The van der Waals surface area contributed by atoms with Crippen molar-refractivity contribution in [3.8, 4) is 17.6 Å². The number of hydrogen-bond acceptors (Lipinski definition) is 3. The van der Waals surface area contributed by atoms with E-state index in [1.165, 1.54) is 22.4 Å². The van der Waals surface area contributed by atoms with Crippen molar-refractivity contribution in [2.24, 2.45) is 11.8 Å². The first kappa shape index (κ1) is 21.7. The van der Waals surface area contributed by atoms with Gasteiger partial charge in [0, 0.05) is 29.4 Å². The Morgan fingerprint density at radius 2 is 2.12 bits per heavy atom. The molecule has 5 rings (SSSR count). The van der Waals surface area contributed by atoms with E-state index in [4.69, 9.17) is 16.3 Å². The largest absolute Gasteiger partial charge is 0.490 e. The zero-order valence-corrected chi connectivity index (χ0v) is 19.8. The third-order valence-electron chi connectivity index (χ3n) is 7.82. The van der Waals surface area contributed by atoms with E-state index in [0.717, 1.165) is 56.0 Å². The molecule has 1 fully saturated rings. The number of benzene rings is 2. The summed E-state index contributed by atoms with van der Waals surface area (Å²) in [6, 6.07) is 12.9. The van der Waals surface area contributed by atoms with Crippen molar-refractivity contribution in [1.29, 1.82) is 0 Å². The van der Waals surface area contributed by atoms with Crippen LogP contribution >= 0.6 is 11.6 Å². The zero-order chi connectivity index (χ0) is 22.3. The third kappa shape index (κ3) is 3.89. The Bertz CT molecular complexity index is 1070. The number of ether oxygens (including phenoxy) is 1. The fourth-order valence-electron chi connectivity index (χ4n) is 6.00. The molecule has 0 unspecified atom stereocenters. The molecule has 168 valence electrons. The summed E-state index contributed by atoms with van der Waals surface area (Å²) < 4.78 is 6.51. The third-order valence-corrected chi connectivity index (χ3v) is 8.06.